The van der Waals surface area contributed by atoms with Gasteiger partial charge in [-0.3, -0.25) is 0 Å². The van der Waals surface area contributed by atoms with E-state index in [9.17, 15) is 0 Å². The Labute approximate surface area is 131 Å². The van der Waals surface area contributed by atoms with Crippen LogP contribution in [0.5, 0.6) is 0 Å². The second-order valence-corrected chi connectivity index (χ2v) is 8.87. The molecule has 0 aliphatic heterocycles. The third kappa shape index (κ3) is 7.45. The van der Waals surface area contributed by atoms with Gasteiger partial charge in [-0.05, 0) is 26.1 Å². The Morgan fingerprint density at radius 1 is 1.14 bits per heavy atom. The van der Waals surface area contributed by atoms with E-state index in [0.29, 0.717) is 0 Å². The summed E-state index contributed by atoms with van der Waals surface area (Å²) in [7, 11) is -1.28. The van der Waals surface area contributed by atoms with E-state index in [0.717, 1.165) is 19.4 Å². The molecule has 0 aliphatic rings. The van der Waals surface area contributed by atoms with Gasteiger partial charge in [0.2, 0.25) is 0 Å². The van der Waals surface area contributed by atoms with Gasteiger partial charge in [-0.1, -0.05) is 6.42 Å². The maximum Gasteiger partial charge on any atom is 1.00 e. The number of rotatable bonds is 5. The normalized spacial score (nSPS) is 11.1. The topological polar surface area (TPSA) is 9.23 Å². The van der Waals surface area contributed by atoms with Crippen LogP contribution in [0.2, 0.25) is 19.6 Å². The molecule has 0 amide bonds. The summed E-state index contributed by atoms with van der Waals surface area (Å²) in [6.45, 7) is 7.61. The van der Waals surface area contributed by atoms with Crippen LogP contribution < -0.4 is 51.4 Å². The van der Waals surface area contributed by atoms with Crippen LogP contribution in [0.4, 0.5) is 0 Å². The van der Waals surface area contributed by atoms with Crippen LogP contribution in [0.15, 0.2) is 24.3 Å². The summed E-state index contributed by atoms with van der Waals surface area (Å²) in [4.78, 5) is 0. The van der Waals surface area contributed by atoms with Crippen LogP contribution in [-0.4, -0.2) is 14.9 Å². The molecule has 0 heterocycles. The van der Waals surface area contributed by atoms with E-state index >= 15 is 0 Å². The van der Waals surface area contributed by atoms with Crippen LogP contribution in [0.1, 0.15) is 12.0 Å². The van der Waals surface area contributed by atoms with Crippen molar-refractivity contribution in [2.45, 2.75) is 32.5 Å². The molecule has 0 unspecified atom stereocenters. The summed E-state index contributed by atoms with van der Waals surface area (Å²) in [5, 5.41) is 0. The van der Waals surface area contributed by atoms with Crippen molar-refractivity contribution in [3.8, 4) is 0 Å². The monoisotopic (exact) mass is 234 g/mol. The second-order valence-electron chi connectivity index (χ2n) is 4.36. The number of hydrogen-bond acceptors (Lipinski definition) is 1. The van der Waals surface area contributed by atoms with Gasteiger partial charge in [0.05, 0.1) is 0 Å². The van der Waals surface area contributed by atoms with E-state index in [1.54, 1.807) is 0 Å². The van der Waals surface area contributed by atoms with Crippen molar-refractivity contribution in [1.29, 1.82) is 0 Å². The van der Waals surface area contributed by atoms with Crippen molar-refractivity contribution in [3.63, 3.8) is 0 Å². The molecule has 1 aromatic carbocycles. The molecule has 0 aromatic heterocycles. The zero-order chi connectivity index (χ0) is 9.73. The Hall–Kier alpha value is 1.16. The molecular formula is C11H19KOSi. The molecule has 1 nitrogen and oxygen atoms in total. The summed E-state index contributed by atoms with van der Waals surface area (Å²) in [5.74, 6) is 0. The molecule has 0 fully saturated rings. The van der Waals surface area contributed by atoms with E-state index in [4.69, 9.17) is 4.43 Å². The molecule has 1 rings (SSSR count). The molecule has 0 saturated heterocycles. The van der Waals surface area contributed by atoms with Crippen molar-refractivity contribution in [2.24, 2.45) is 0 Å². The Morgan fingerprint density at radius 2 is 1.71 bits per heavy atom. The maximum absolute atomic E-state index is 5.77. The standard InChI is InChI=1S/C11H19OSi.K/c1-13(2,3)12-10-6-9-11-7-4-5-8-11;/h4-5,7-8H,6,9-10H2,1-3H3;/q-1;+1. The van der Waals surface area contributed by atoms with Crippen LogP contribution in [0, 0.1) is 0 Å². The average Bonchev–Trinajstić information content (AvgIpc) is 2.48. The van der Waals surface area contributed by atoms with Gasteiger partial charge < -0.3 is 4.43 Å². The third-order valence-corrected chi connectivity index (χ3v) is 2.95. The number of hydrogen-bond donors (Lipinski definition) is 0. The fraction of sp³-hybridized carbons (Fsp3) is 0.545. The van der Waals surface area contributed by atoms with Crippen LogP contribution >= 0.6 is 0 Å². The molecule has 0 aliphatic carbocycles. The van der Waals surface area contributed by atoms with Crippen molar-refractivity contribution < 1.29 is 55.8 Å². The van der Waals surface area contributed by atoms with Crippen molar-refractivity contribution in [1.82, 2.24) is 0 Å². The zero-order valence-corrected chi connectivity index (χ0v) is 14.0. The molecule has 0 radical (unpaired) electrons. The van der Waals surface area contributed by atoms with Gasteiger partial charge in [-0.25, -0.2) is 12.1 Å². The molecule has 0 atom stereocenters. The maximum atomic E-state index is 5.77. The molecule has 3 heteroatoms. The molecule has 1 aromatic rings. The predicted octanol–water partition coefficient (Wildman–Crippen LogP) is 0.194. The van der Waals surface area contributed by atoms with Crippen molar-refractivity contribution >= 4 is 8.32 Å². The minimum Gasteiger partial charge on any atom is -0.418 e. The Kier molecular flexibility index (Phi) is 8.06. The van der Waals surface area contributed by atoms with Gasteiger partial charge >= 0.3 is 51.4 Å². The molecular weight excluding hydrogens is 215 g/mol. The average molecular weight is 234 g/mol. The molecule has 0 saturated carbocycles. The van der Waals surface area contributed by atoms with Crippen LogP contribution in [-0.2, 0) is 10.8 Å². The SMILES string of the molecule is C[Si](C)(C)OCCC[c-]1cccc1.[K+]. The first-order valence-electron chi connectivity index (χ1n) is 4.92. The van der Waals surface area contributed by atoms with E-state index in [1.807, 2.05) is 0 Å². The summed E-state index contributed by atoms with van der Waals surface area (Å²) in [5.41, 5.74) is 1.43. The van der Waals surface area contributed by atoms with Gasteiger partial charge in [0.25, 0.3) is 0 Å². The fourth-order valence-electron chi connectivity index (χ4n) is 1.24. The Balaban J connectivity index is 0.00000169. The molecule has 0 spiro atoms. The van der Waals surface area contributed by atoms with Gasteiger partial charge in [-0.15, -0.1) is 0 Å². The van der Waals surface area contributed by atoms with Gasteiger partial charge in [0.1, 0.15) is 0 Å². The smallest absolute Gasteiger partial charge is 0.418 e. The fourth-order valence-corrected chi connectivity index (χ4v) is 1.99. The second kappa shape index (κ2) is 7.44. The van der Waals surface area contributed by atoms with Gasteiger partial charge in [0, 0.05) is 6.61 Å². The minimum atomic E-state index is -1.28. The van der Waals surface area contributed by atoms with E-state index < -0.39 is 8.32 Å². The summed E-state index contributed by atoms with van der Waals surface area (Å²) >= 11 is 0. The third-order valence-electron chi connectivity index (χ3n) is 1.88. The summed E-state index contributed by atoms with van der Waals surface area (Å²) in [6.07, 6.45) is 2.30. The molecule has 74 valence electrons. The first kappa shape index (κ1) is 15.2. The van der Waals surface area contributed by atoms with Crippen LogP contribution in [0.25, 0.3) is 0 Å². The molecule has 14 heavy (non-hydrogen) atoms. The largest absolute Gasteiger partial charge is 1.00 e. The summed E-state index contributed by atoms with van der Waals surface area (Å²) in [6, 6.07) is 8.53. The quantitative estimate of drug-likeness (QED) is 0.402. The van der Waals surface area contributed by atoms with Gasteiger partial charge in [0.15, 0.2) is 8.32 Å². The Morgan fingerprint density at radius 3 is 2.21 bits per heavy atom. The van der Waals surface area contributed by atoms with E-state index in [1.165, 1.54) is 5.56 Å². The molecule has 0 N–H and O–H groups in total. The Bertz CT molecular complexity index is 226. The van der Waals surface area contributed by atoms with E-state index in [2.05, 4.69) is 43.9 Å². The molecule has 0 bridgehead atoms. The zero-order valence-electron chi connectivity index (χ0n) is 9.84. The van der Waals surface area contributed by atoms with Crippen LogP contribution in [0.3, 0.4) is 0 Å². The first-order valence-corrected chi connectivity index (χ1v) is 8.33. The summed E-state index contributed by atoms with van der Waals surface area (Å²) < 4.78 is 5.77. The number of aryl methyl sites for hydroxylation is 1. The van der Waals surface area contributed by atoms with Crippen molar-refractivity contribution in [2.75, 3.05) is 6.61 Å². The predicted molar refractivity (Wildman–Crippen MR) is 59.7 cm³/mol. The minimum absolute atomic E-state index is 0. The first-order chi connectivity index (χ1) is 6.08. The van der Waals surface area contributed by atoms with E-state index in [-0.39, 0.29) is 51.4 Å². The van der Waals surface area contributed by atoms with Crippen molar-refractivity contribution in [3.05, 3.63) is 29.8 Å². The van der Waals surface area contributed by atoms with Gasteiger partial charge in [-0.2, -0.15) is 17.7 Å².